The predicted molar refractivity (Wildman–Crippen MR) is 96.7 cm³/mol. The molecule has 1 heterocycles. The van der Waals surface area contributed by atoms with Gasteiger partial charge in [0, 0.05) is 18.7 Å². The van der Waals surface area contributed by atoms with Crippen molar-refractivity contribution in [2.75, 3.05) is 17.7 Å². The molecule has 27 heavy (non-hydrogen) atoms. The zero-order valence-corrected chi connectivity index (χ0v) is 14.4. The van der Waals surface area contributed by atoms with Crippen molar-refractivity contribution >= 4 is 17.4 Å². The van der Waals surface area contributed by atoms with Crippen LogP contribution in [0.4, 0.5) is 20.3 Å². The van der Waals surface area contributed by atoms with Crippen LogP contribution in [0.15, 0.2) is 54.9 Å². The Hall–Kier alpha value is -3.55. The van der Waals surface area contributed by atoms with Crippen LogP contribution in [0.25, 0.3) is 0 Å². The van der Waals surface area contributed by atoms with E-state index in [2.05, 4.69) is 20.6 Å². The summed E-state index contributed by atoms with van der Waals surface area (Å²) in [6.07, 6.45) is 1.23. The Morgan fingerprint density at radius 3 is 2.56 bits per heavy atom. The van der Waals surface area contributed by atoms with Crippen LogP contribution >= 0.6 is 0 Å². The second-order valence-electron chi connectivity index (χ2n) is 5.57. The van der Waals surface area contributed by atoms with Gasteiger partial charge >= 0.3 is 0 Å². The molecule has 138 valence electrons. The Morgan fingerprint density at radius 1 is 1.07 bits per heavy atom. The number of carbonyl (C=O) groups excluding carboxylic acids is 1. The quantitative estimate of drug-likeness (QED) is 0.693. The molecule has 2 aromatic carbocycles. The van der Waals surface area contributed by atoms with E-state index in [1.54, 1.807) is 7.11 Å². The predicted octanol–water partition coefficient (Wildman–Crippen LogP) is 3.63. The van der Waals surface area contributed by atoms with Crippen LogP contribution in [0, 0.1) is 11.6 Å². The van der Waals surface area contributed by atoms with Gasteiger partial charge in [-0.05, 0) is 29.8 Å². The highest BCUT2D eigenvalue weighted by molar-refractivity contribution is 6.03. The van der Waals surface area contributed by atoms with Crippen molar-refractivity contribution in [2.24, 2.45) is 0 Å². The first-order chi connectivity index (χ1) is 13.0. The number of amides is 1. The number of ether oxygens (including phenoxy) is 1. The van der Waals surface area contributed by atoms with Crippen molar-refractivity contribution in [2.45, 2.75) is 6.54 Å². The average Bonchev–Trinajstić information content (AvgIpc) is 2.69. The lowest BCUT2D eigenvalue weighted by Crippen LogP contribution is -2.15. The van der Waals surface area contributed by atoms with E-state index in [9.17, 15) is 13.6 Å². The van der Waals surface area contributed by atoms with Crippen LogP contribution in [-0.2, 0) is 6.54 Å². The highest BCUT2D eigenvalue weighted by Crippen LogP contribution is 2.17. The molecule has 0 unspecified atom stereocenters. The van der Waals surface area contributed by atoms with Crippen molar-refractivity contribution in [1.82, 2.24) is 9.97 Å². The van der Waals surface area contributed by atoms with E-state index in [-0.39, 0.29) is 11.4 Å². The summed E-state index contributed by atoms with van der Waals surface area (Å²) in [5.74, 6) is -1.03. The molecule has 0 saturated heterocycles. The van der Waals surface area contributed by atoms with Gasteiger partial charge in [0.05, 0.1) is 12.8 Å². The number of rotatable bonds is 6. The van der Waals surface area contributed by atoms with Crippen molar-refractivity contribution in [3.05, 3.63) is 77.8 Å². The van der Waals surface area contributed by atoms with E-state index in [1.807, 2.05) is 24.3 Å². The molecule has 0 aliphatic carbocycles. The summed E-state index contributed by atoms with van der Waals surface area (Å²) < 4.78 is 31.7. The molecule has 1 aromatic heterocycles. The minimum absolute atomic E-state index is 0.0472. The molecule has 3 aromatic rings. The third kappa shape index (κ3) is 4.75. The first-order valence-corrected chi connectivity index (χ1v) is 8.00. The summed E-state index contributed by atoms with van der Waals surface area (Å²) in [5.41, 5.74) is 0.910. The molecule has 0 atom stereocenters. The molecular weight excluding hydrogens is 354 g/mol. The third-order valence-corrected chi connectivity index (χ3v) is 3.71. The van der Waals surface area contributed by atoms with E-state index in [0.717, 1.165) is 23.4 Å². The second-order valence-corrected chi connectivity index (χ2v) is 5.57. The van der Waals surface area contributed by atoms with E-state index in [4.69, 9.17) is 4.74 Å². The standard InChI is InChI=1S/C19H16F2N4O2/c1-27-14-5-2-12(3-6-14)10-22-18-9-17(23-11-24-18)19(26)25-16-7-4-13(20)8-15(16)21/h2-9,11H,10H2,1H3,(H,25,26)(H,22,23,24). The molecule has 0 spiro atoms. The summed E-state index contributed by atoms with van der Waals surface area (Å²) >= 11 is 0. The zero-order chi connectivity index (χ0) is 19.2. The fourth-order valence-electron chi connectivity index (χ4n) is 2.29. The minimum atomic E-state index is -0.865. The van der Waals surface area contributed by atoms with Crippen LogP contribution in [0.3, 0.4) is 0 Å². The second kappa shape index (κ2) is 8.22. The van der Waals surface area contributed by atoms with Crippen molar-refractivity contribution in [3.63, 3.8) is 0 Å². The molecular formula is C19H16F2N4O2. The zero-order valence-electron chi connectivity index (χ0n) is 14.4. The lowest BCUT2D eigenvalue weighted by atomic mass is 10.2. The molecule has 1 amide bonds. The largest absolute Gasteiger partial charge is 0.497 e. The van der Waals surface area contributed by atoms with Gasteiger partial charge < -0.3 is 15.4 Å². The van der Waals surface area contributed by atoms with Gasteiger partial charge in [-0.15, -0.1) is 0 Å². The molecule has 0 fully saturated rings. The Bertz CT molecular complexity index is 949. The molecule has 0 radical (unpaired) electrons. The van der Waals surface area contributed by atoms with Crippen molar-refractivity contribution in [3.8, 4) is 5.75 Å². The number of benzene rings is 2. The summed E-state index contributed by atoms with van der Waals surface area (Å²) in [7, 11) is 1.60. The Morgan fingerprint density at radius 2 is 1.85 bits per heavy atom. The number of halogens is 2. The molecule has 6 nitrogen and oxygen atoms in total. The van der Waals surface area contributed by atoms with E-state index in [1.165, 1.54) is 12.4 Å². The Kier molecular flexibility index (Phi) is 5.55. The van der Waals surface area contributed by atoms with Crippen LogP contribution in [0.2, 0.25) is 0 Å². The van der Waals surface area contributed by atoms with Gasteiger partial charge in [-0.1, -0.05) is 12.1 Å². The van der Waals surface area contributed by atoms with Gasteiger partial charge in [-0.2, -0.15) is 0 Å². The first-order valence-electron chi connectivity index (χ1n) is 8.00. The maximum atomic E-state index is 13.7. The molecule has 8 heteroatoms. The van der Waals surface area contributed by atoms with Crippen LogP contribution in [0.1, 0.15) is 16.1 Å². The maximum Gasteiger partial charge on any atom is 0.274 e. The maximum absolute atomic E-state index is 13.7. The summed E-state index contributed by atoms with van der Waals surface area (Å²) in [6.45, 7) is 0.481. The SMILES string of the molecule is COc1ccc(CNc2cc(C(=O)Nc3ccc(F)cc3F)ncn2)cc1. The third-order valence-electron chi connectivity index (χ3n) is 3.71. The highest BCUT2D eigenvalue weighted by atomic mass is 19.1. The highest BCUT2D eigenvalue weighted by Gasteiger charge is 2.12. The van der Waals surface area contributed by atoms with E-state index >= 15 is 0 Å². The molecule has 0 bridgehead atoms. The van der Waals surface area contributed by atoms with Gasteiger partial charge in [0.1, 0.15) is 35.2 Å². The van der Waals surface area contributed by atoms with Crippen LogP contribution in [-0.4, -0.2) is 23.0 Å². The molecule has 3 rings (SSSR count). The lowest BCUT2D eigenvalue weighted by molar-refractivity contribution is 0.102. The van der Waals surface area contributed by atoms with Crippen LogP contribution < -0.4 is 15.4 Å². The fraction of sp³-hybridized carbons (Fsp3) is 0.105. The van der Waals surface area contributed by atoms with Crippen LogP contribution in [0.5, 0.6) is 5.75 Å². The molecule has 0 aliphatic rings. The first kappa shape index (κ1) is 18.2. The summed E-state index contributed by atoms with van der Waals surface area (Å²) in [5, 5.41) is 5.44. The van der Waals surface area contributed by atoms with Gasteiger partial charge in [0.25, 0.3) is 5.91 Å². The molecule has 0 saturated carbocycles. The number of anilines is 2. The topological polar surface area (TPSA) is 76.1 Å². The molecule has 0 aliphatic heterocycles. The van der Waals surface area contributed by atoms with Gasteiger partial charge in [0.2, 0.25) is 0 Å². The monoisotopic (exact) mass is 370 g/mol. The Balaban J connectivity index is 1.66. The number of carbonyl (C=O) groups is 1. The van der Waals surface area contributed by atoms with Gasteiger partial charge in [-0.3, -0.25) is 4.79 Å². The number of nitrogens with one attached hydrogen (secondary N) is 2. The van der Waals surface area contributed by atoms with E-state index in [0.29, 0.717) is 18.4 Å². The van der Waals surface area contributed by atoms with Gasteiger partial charge in [0.15, 0.2) is 0 Å². The number of nitrogens with zero attached hydrogens (tertiary/aromatic N) is 2. The lowest BCUT2D eigenvalue weighted by Gasteiger charge is -2.09. The number of hydrogen-bond acceptors (Lipinski definition) is 5. The van der Waals surface area contributed by atoms with E-state index < -0.39 is 17.5 Å². The molecule has 2 N–H and O–H groups in total. The van der Waals surface area contributed by atoms with Crippen molar-refractivity contribution < 1.29 is 18.3 Å². The minimum Gasteiger partial charge on any atom is -0.497 e. The number of aromatic nitrogens is 2. The Labute approximate surface area is 154 Å². The average molecular weight is 370 g/mol. The number of hydrogen-bond donors (Lipinski definition) is 2. The summed E-state index contributed by atoms with van der Waals surface area (Å²) in [4.78, 5) is 20.2. The summed E-state index contributed by atoms with van der Waals surface area (Å²) in [6, 6.07) is 11.8. The smallest absolute Gasteiger partial charge is 0.274 e. The van der Waals surface area contributed by atoms with Gasteiger partial charge in [-0.25, -0.2) is 18.7 Å². The normalized spacial score (nSPS) is 10.3. The fourth-order valence-corrected chi connectivity index (χ4v) is 2.29. The van der Waals surface area contributed by atoms with Crippen molar-refractivity contribution in [1.29, 1.82) is 0 Å². The number of methoxy groups -OCH3 is 1.